The third-order valence-electron chi connectivity index (χ3n) is 4.04. The van der Waals surface area contributed by atoms with Gasteiger partial charge in [0.05, 0.1) is 18.8 Å². The summed E-state index contributed by atoms with van der Waals surface area (Å²) in [5.41, 5.74) is 2.97. The lowest BCUT2D eigenvalue weighted by atomic mass is 10.1. The number of nitrogens with zero attached hydrogens (tertiary/aromatic N) is 1. The molecule has 1 amide bonds. The van der Waals surface area contributed by atoms with Gasteiger partial charge in [-0.2, -0.15) is 0 Å². The first-order chi connectivity index (χ1) is 10.1. The van der Waals surface area contributed by atoms with Crippen molar-refractivity contribution in [3.05, 3.63) is 29.3 Å². The van der Waals surface area contributed by atoms with E-state index in [2.05, 4.69) is 19.2 Å². The minimum Gasteiger partial charge on any atom is -0.385 e. The van der Waals surface area contributed by atoms with Crippen LogP contribution in [0.2, 0.25) is 0 Å². The second kappa shape index (κ2) is 6.94. The molecule has 2 unspecified atom stereocenters. The Labute approximate surface area is 127 Å². The van der Waals surface area contributed by atoms with E-state index < -0.39 is 0 Å². The first-order valence-electron chi connectivity index (χ1n) is 7.83. The number of rotatable bonds is 4. The van der Waals surface area contributed by atoms with Crippen molar-refractivity contribution in [2.75, 3.05) is 25.0 Å². The number of amides is 1. The molecule has 1 aromatic carbocycles. The van der Waals surface area contributed by atoms with Crippen LogP contribution in [0.5, 0.6) is 0 Å². The van der Waals surface area contributed by atoms with Gasteiger partial charge >= 0.3 is 0 Å². The number of anilines is 1. The molecule has 1 aliphatic rings. The van der Waals surface area contributed by atoms with Gasteiger partial charge in [0.15, 0.2) is 0 Å². The van der Waals surface area contributed by atoms with Crippen molar-refractivity contribution in [2.24, 2.45) is 0 Å². The van der Waals surface area contributed by atoms with Gasteiger partial charge in [0.25, 0.3) is 5.91 Å². The number of hydrogen-bond acceptors (Lipinski definition) is 3. The van der Waals surface area contributed by atoms with Crippen molar-refractivity contribution in [3.63, 3.8) is 0 Å². The number of ether oxygens (including phenoxy) is 1. The second-order valence-corrected chi connectivity index (χ2v) is 5.72. The molecule has 116 valence electrons. The predicted octanol–water partition coefficient (Wildman–Crippen LogP) is 3.07. The maximum Gasteiger partial charge on any atom is 0.254 e. The van der Waals surface area contributed by atoms with Gasteiger partial charge in [-0.3, -0.25) is 4.79 Å². The van der Waals surface area contributed by atoms with E-state index in [0.29, 0.717) is 13.2 Å². The Bertz CT molecular complexity index is 502. The third kappa shape index (κ3) is 3.56. The molecule has 0 aliphatic carbocycles. The van der Waals surface area contributed by atoms with E-state index in [1.54, 1.807) is 0 Å². The number of hydrogen-bond donors (Lipinski definition) is 1. The highest BCUT2D eigenvalue weighted by Gasteiger charge is 2.30. The standard InChI is InChI=1S/C17H26N2O2/c1-5-15-11-21-13(4)10-19(15)17(20)14-7-8-16(18-6-2)12(3)9-14/h7-9,13,15,18H,5-6,10-11H2,1-4H3. The van der Waals surface area contributed by atoms with Gasteiger partial charge in [-0.15, -0.1) is 0 Å². The smallest absolute Gasteiger partial charge is 0.254 e. The van der Waals surface area contributed by atoms with Gasteiger partial charge in [-0.05, 0) is 51.0 Å². The van der Waals surface area contributed by atoms with Crippen LogP contribution in [0.15, 0.2) is 18.2 Å². The van der Waals surface area contributed by atoms with Crippen LogP contribution in [0.3, 0.4) is 0 Å². The molecule has 0 spiro atoms. The summed E-state index contributed by atoms with van der Waals surface area (Å²) < 4.78 is 5.67. The van der Waals surface area contributed by atoms with Gasteiger partial charge in [0, 0.05) is 24.3 Å². The zero-order valence-corrected chi connectivity index (χ0v) is 13.5. The van der Waals surface area contributed by atoms with Crippen LogP contribution in [0.4, 0.5) is 5.69 Å². The molecule has 1 aliphatic heterocycles. The largest absolute Gasteiger partial charge is 0.385 e. The number of benzene rings is 1. The van der Waals surface area contributed by atoms with Crippen LogP contribution < -0.4 is 5.32 Å². The summed E-state index contributed by atoms with van der Waals surface area (Å²) in [6.07, 6.45) is 1.03. The molecular formula is C17H26N2O2. The lowest BCUT2D eigenvalue weighted by molar-refractivity contribution is -0.0444. The highest BCUT2D eigenvalue weighted by Crippen LogP contribution is 2.21. The fourth-order valence-corrected chi connectivity index (χ4v) is 2.78. The Morgan fingerprint density at radius 1 is 1.43 bits per heavy atom. The van der Waals surface area contributed by atoms with Crippen LogP contribution >= 0.6 is 0 Å². The monoisotopic (exact) mass is 290 g/mol. The van der Waals surface area contributed by atoms with E-state index in [4.69, 9.17) is 4.74 Å². The molecule has 0 saturated carbocycles. The molecule has 2 rings (SSSR count). The van der Waals surface area contributed by atoms with Crippen molar-refractivity contribution in [1.29, 1.82) is 0 Å². The molecule has 1 aromatic rings. The van der Waals surface area contributed by atoms with E-state index in [0.717, 1.165) is 29.8 Å². The zero-order chi connectivity index (χ0) is 15.4. The summed E-state index contributed by atoms with van der Waals surface area (Å²) in [4.78, 5) is 14.8. The van der Waals surface area contributed by atoms with Crippen molar-refractivity contribution < 1.29 is 9.53 Å². The summed E-state index contributed by atoms with van der Waals surface area (Å²) in [7, 11) is 0. The fraction of sp³-hybridized carbons (Fsp3) is 0.588. The van der Waals surface area contributed by atoms with Crippen molar-refractivity contribution in [3.8, 4) is 0 Å². The van der Waals surface area contributed by atoms with Crippen molar-refractivity contribution in [1.82, 2.24) is 4.90 Å². The van der Waals surface area contributed by atoms with E-state index in [1.165, 1.54) is 0 Å². The summed E-state index contributed by atoms with van der Waals surface area (Å²) in [5, 5.41) is 3.30. The molecular weight excluding hydrogens is 264 g/mol. The molecule has 1 heterocycles. The van der Waals surface area contributed by atoms with E-state index >= 15 is 0 Å². The van der Waals surface area contributed by atoms with Gasteiger partial charge in [0.1, 0.15) is 0 Å². The zero-order valence-electron chi connectivity index (χ0n) is 13.5. The van der Waals surface area contributed by atoms with E-state index in [-0.39, 0.29) is 18.1 Å². The van der Waals surface area contributed by atoms with Gasteiger partial charge in [0.2, 0.25) is 0 Å². The molecule has 1 fully saturated rings. The summed E-state index contributed by atoms with van der Waals surface area (Å²) in [5.74, 6) is 0.114. The number of carbonyl (C=O) groups excluding carboxylic acids is 1. The maximum absolute atomic E-state index is 12.8. The third-order valence-corrected chi connectivity index (χ3v) is 4.04. The Morgan fingerprint density at radius 2 is 2.19 bits per heavy atom. The highest BCUT2D eigenvalue weighted by atomic mass is 16.5. The Balaban J connectivity index is 2.20. The molecule has 0 aromatic heterocycles. The van der Waals surface area contributed by atoms with Crippen LogP contribution in [0, 0.1) is 6.92 Å². The fourth-order valence-electron chi connectivity index (χ4n) is 2.78. The number of nitrogens with one attached hydrogen (secondary N) is 1. The molecule has 4 nitrogen and oxygen atoms in total. The minimum absolute atomic E-state index is 0.110. The number of carbonyl (C=O) groups is 1. The summed E-state index contributed by atoms with van der Waals surface area (Å²) in [6, 6.07) is 6.08. The first kappa shape index (κ1) is 15.8. The Hall–Kier alpha value is -1.55. The number of morpholine rings is 1. The average molecular weight is 290 g/mol. The van der Waals surface area contributed by atoms with Gasteiger partial charge in [-0.25, -0.2) is 0 Å². The second-order valence-electron chi connectivity index (χ2n) is 5.72. The molecule has 0 bridgehead atoms. The van der Waals surface area contributed by atoms with E-state index in [1.807, 2.05) is 36.9 Å². The lowest BCUT2D eigenvalue weighted by Crippen LogP contribution is -2.51. The van der Waals surface area contributed by atoms with Crippen molar-refractivity contribution >= 4 is 11.6 Å². The summed E-state index contributed by atoms with van der Waals surface area (Å²) in [6.45, 7) is 10.4. The quantitative estimate of drug-likeness (QED) is 0.926. The van der Waals surface area contributed by atoms with Crippen LogP contribution in [-0.4, -0.2) is 42.6 Å². The molecule has 1 N–H and O–H groups in total. The molecule has 1 saturated heterocycles. The summed E-state index contributed by atoms with van der Waals surface area (Å²) >= 11 is 0. The Kier molecular flexibility index (Phi) is 5.23. The van der Waals surface area contributed by atoms with Crippen molar-refractivity contribution in [2.45, 2.75) is 46.3 Å². The van der Waals surface area contributed by atoms with Crippen LogP contribution in [0.1, 0.15) is 43.1 Å². The normalized spacial score (nSPS) is 22.2. The maximum atomic E-state index is 12.8. The van der Waals surface area contributed by atoms with Gasteiger partial charge < -0.3 is 15.0 Å². The first-order valence-corrected chi connectivity index (χ1v) is 7.83. The molecule has 0 radical (unpaired) electrons. The lowest BCUT2D eigenvalue weighted by Gasteiger charge is -2.38. The Morgan fingerprint density at radius 3 is 2.81 bits per heavy atom. The topological polar surface area (TPSA) is 41.6 Å². The molecule has 2 atom stereocenters. The molecule has 21 heavy (non-hydrogen) atoms. The van der Waals surface area contributed by atoms with Crippen LogP contribution in [0.25, 0.3) is 0 Å². The van der Waals surface area contributed by atoms with Crippen LogP contribution in [-0.2, 0) is 4.74 Å². The predicted molar refractivity (Wildman–Crippen MR) is 85.9 cm³/mol. The number of aryl methyl sites for hydroxylation is 1. The average Bonchev–Trinajstić information content (AvgIpc) is 2.48. The molecule has 4 heteroatoms. The van der Waals surface area contributed by atoms with E-state index in [9.17, 15) is 4.79 Å². The van der Waals surface area contributed by atoms with Gasteiger partial charge in [-0.1, -0.05) is 6.92 Å². The highest BCUT2D eigenvalue weighted by molar-refractivity contribution is 5.95. The minimum atomic E-state index is 0.110. The SMILES string of the molecule is CCNc1ccc(C(=O)N2CC(C)OCC2CC)cc1C.